The summed E-state index contributed by atoms with van der Waals surface area (Å²) in [5.74, 6) is -0.238. The predicted octanol–water partition coefficient (Wildman–Crippen LogP) is 2.42. The highest BCUT2D eigenvalue weighted by Crippen LogP contribution is 2.40. The van der Waals surface area contributed by atoms with E-state index < -0.39 is 12.0 Å². The molecule has 1 aliphatic rings. The van der Waals surface area contributed by atoms with Gasteiger partial charge in [0.2, 0.25) is 0 Å². The van der Waals surface area contributed by atoms with Gasteiger partial charge in [0.1, 0.15) is 11.9 Å². The third-order valence-electron chi connectivity index (χ3n) is 4.23. The Morgan fingerprint density at radius 3 is 2.55 bits per heavy atom. The number of aliphatic hydroxyl groups is 1. The molecule has 0 bridgehead atoms. The first-order valence-corrected chi connectivity index (χ1v) is 7.64. The largest absolute Gasteiger partial charge is 0.488 e. The summed E-state index contributed by atoms with van der Waals surface area (Å²) >= 11 is 0. The Hall–Kier alpha value is -2.24. The van der Waals surface area contributed by atoms with E-state index in [2.05, 4.69) is 18.7 Å². The van der Waals surface area contributed by atoms with E-state index in [0.29, 0.717) is 12.2 Å². The Kier molecular flexibility index (Phi) is 5.25. The number of hydrogen-bond donors (Lipinski definition) is 1. The van der Waals surface area contributed by atoms with Gasteiger partial charge in [0, 0.05) is 30.8 Å². The highest BCUT2D eigenvalue weighted by molar-refractivity contribution is 5.55. The first kappa shape index (κ1) is 16.1. The van der Waals surface area contributed by atoms with Crippen LogP contribution in [0.15, 0.2) is 18.2 Å². The molecule has 0 amide bonds. The molecule has 1 aromatic carbocycles. The Labute approximate surface area is 131 Å². The lowest BCUT2D eigenvalue weighted by Crippen LogP contribution is -2.33. The van der Waals surface area contributed by atoms with Gasteiger partial charge in [0.05, 0.1) is 18.7 Å². The van der Waals surface area contributed by atoms with Crippen LogP contribution in [0.2, 0.25) is 0 Å². The molecule has 0 spiro atoms. The molecule has 1 aliphatic heterocycles. The molecule has 0 saturated carbocycles. The number of benzene rings is 1. The lowest BCUT2D eigenvalue weighted by Gasteiger charge is -2.33. The zero-order chi connectivity index (χ0) is 16.1. The predicted molar refractivity (Wildman–Crippen MR) is 83.6 cm³/mol. The molecule has 1 N–H and O–H groups in total. The van der Waals surface area contributed by atoms with E-state index in [9.17, 15) is 5.11 Å². The Morgan fingerprint density at radius 2 is 2.00 bits per heavy atom. The molecule has 0 aliphatic carbocycles. The maximum absolute atomic E-state index is 9.62. The average molecular weight is 299 g/mol. The summed E-state index contributed by atoms with van der Waals surface area (Å²) in [7, 11) is 0. The molecular formula is C17H21N3O2. The SMILES string of the molecule is CCN(CC)c1ccc2c(c1)O[C@@H](C(C#N)C#N)CC2CO. The number of fused-ring (bicyclic) bond motifs is 1. The topological polar surface area (TPSA) is 80.3 Å². The Balaban J connectivity index is 2.37. The van der Waals surface area contributed by atoms with E-state index >= 15 is 0 Å². The number of rotatable bonds is 5. The van der Waals surface area contributed by atoms with Crippen molar-refractivity contribution >= 4 is 5.69 Å². The second kappa shape index (κ2) is 7.15. The van der Waals surface area contributed by atoms with Crippen LogP contribution >= 0.6 is 0 Å². The minimum Gasteiger partial charge on any atom is -0.488 e. The fourth-order valence-corrected chi connectivity index (χ4v) is 2.94. The van der Waals surface area contributed by atoms with Crippen molar-refractivity contribution in [3.8, 4) is 17.9 Å². The summed E-state index contributed by atoms with van der Waals surface area (Å²) in [6.45, 7) is 5.94. The van der Waals surface area contributed by atoms with Gasteiger partial charge in [0.25, 0.3) is 0 Å². The first-order valence-electron chi connectivity index (χ1n) is 7.64. The third-order valence-corrected chi connectivity index (χ3v) is 4.23. The molecule has 2 atom stereocenters. The standard InChI is InChI=1S/C17H21N3O2/c1-3-20(4-2)14-5-6-15-12(11-21)7-16(13(9-18)10-19)22-17(15)8-14/h5-6,8,12-13,16,21H,3-4,7,11H2,1-2H3/t12?,16-/m1/s1. The van der Waals surface area contributed by atoms with Crippen LogP contribution in [0.1, 0.15) is 31.7 Å². The summed E-state index contributed by atoms with van der Waals surface area (Å²) in [6, 6.07) is 9.92. The maximum Gasteiger partial charge on any atom is 0.169 e. The van der Waals surface area contributed by atoms with Gasteiger partial charge < -0.3 is 14.7 Å². The summed E-state index contributed by atoms with van der Waals surface area (Å²) < 4.78 is 5.90. The van der Waals surface area contributed by atoms with Crippen LogP contribution in [0.3, 0.4) is 0 Å². The minimum atomic E-state index is -0.820. The quantitative estimate of drug-likeness (QED) is 0.903. The summed E-state index contributed by atoms with van der Waals surface area (Å²) in [4.78, 5) is 2.20. The van der Waals surface area contributed by atoms with E-state index in [1.807, 2.05) is 30.3 Å². The molecule has 0 saturated heterocycles. The normalized spacial score (nSPS) is 19.7. The fraction of sp³-hybridized carbons (Fsp3) is 0.529. The molecule has 0 aromatic heterocycles. The van der Waals surface area contributed by atoms with Crippen LogP contribution in [0.5, 0.6) is 5.75 Å². The second-order valence-corrected chi connectivity index (χ2v) is 5.40. The van der Waals surface area contributed by atoms with Crippen molar-refractivity contribution in [3.05, 3.63) is 23.8 Å². The monoisotopic (exact) mass is 299 g/mol. The number of hydrogen-bond acceptors (Lipinski definition) is 5. The molecule has 0 radical (unpaired) electrons. The Morgan fingerprint density at radius 1 is 1.32 bits per heavy atom. The highest BCUT2D eigenvalue weighted by Gasteiger charge is 2.33. The summed E-state index contributed by atoms with van der Waals surface area (Å²) in [6.07, 6.45) is -0.00787. The van der Waals surface area contributed by atoms with Gasteiger partial charge in [-0.25, -0.2) is 0 Å². The van der Waals surface area contributed by atoms with Crippen LogP contribution < -0.4 is 9.64 Å². The molecular weight excluding hydrogens is 278 g/mol. The van der Waals surface area contributed by atoms with E-state index in [-0.39, 0.29) is 12.5 Å². The highest BCUT2D eigenvalue weighted by atomic mass is 16.5. The lowest BCUT2D eigenvalue weighted by atomic mass is 9.86. The van der Waals surface area contributed by atoms with Gasteiger partial charge in [-0.05, 0) is 31.9 Å². The smallest absolute Gasteiger partial charge is 0.169 e. The zero-order valence-electron chi connectivity index (χ0n) is 13.0. The minimum absolute atomic E-state index is 0.0128. The second-order valence-electron chi connectivity index (χ2n) is 5.40. The van der Waals surface area contributed by atoms with Gasteiger partial charge in [-0.3, -0.25) is 0 Å². The van der Waals surface area contributed by atoms with Crippen molar-refractivity contribution in [2.75, 3.05) is 24.6 Å². The van der Waals surface area contributed by atoms with Crippen molar-refractivity contribution in [2.24, 2.45) is 5.92 Å². The van der Waals surface area contributed by atoms with Crippen LogP contribution in [0.25, 0.3) is 0 Å². The van der Waals surface area contributed by atoms with Crippen molar-refractivity contribution in [1.82, 2.24) is 0 Å². The molecule has 0 fully saturated rings. The summed E-state index contributed by atoms with van der Waals surface area (Å²) in [5, 5.41) is 27.8. The van der Waals surface area contributed by atoms with Crippen LogP contribution in [-0.4, -0.2) is 30.9 Å². The first-order chi connectivity index (χ1) is 10.7. The average Bonchev–Trinajstić information content (AvgIpc) is 2.56. The van der Waals surface area contributed by atoms with E-state index in [1.54, 1.807) is 0 Å². The van der Waals surface area contributed by atoms with Crippen molar-refractivity contribution in [1.29, 1.82) is 10.5 Å². The fourth-order valence-electron chi connectivity index (χ4n) is 2.94. The third kappa shape index (κ3) is 3.00. The molecule has 5 heteroatoms. The number of nitrogens with zero attached hydrogens (tertiary/aromatic N) is 3. The molecule has 116 valence electrons. The molecule has 1 aromatic rings. The lowest BCUT2D eigenvalue weighted by molar-refractivity contribution is 0.119. The number of ether oxygens (including phenoxy) is 1. The summed E-state index contributed by atoms with van der Waals surface area (Å²) in [5.41, 5.74) is 2.00. The van der Waals surface area contributed by atoms with Gasteiger partial charge in [-0.2, -0.15) is 10.5 Å². The van der Waals surface area contributed by atoms with E-state index in [0.717, 1.165) is 24.3 Å². The van der Waals surface area contributed by atoms with E-state index in [4.69, 9.17) is 15.3 Å². The van der Waals surface area contributed by atoms with Gasteiger partial charge in [-0.15, -0.1) is 0 Å². The van der Waals surface area contributed by atoms with Crippen molar-refractivity contribution < 1.29 is 9.84 Å². The number of nitriles is 2. The van der Waals surface area contributed by atoms with Gasteiger partial charge >= 0.3 is 0 Å². The number of aliphatic hydroxyl groups excluding tert-OH is 1. The van der Waals surface area contributed by atoms with Crippen molar-refractivity contribution in [3.63, 3.8) is 0 Å². The Bertz CT molecular complexity index is 585. The maximum atomic E-state index is 9.62. The zero-order valence-corrected chi connectivity index (χ0v) is 13.0. The molecule has 5 nitrogen and oxygen atoms in total. The van der Waals surface area contributed by atoms with Crippen LogP contribution in [-0.2, 0) is 0 Å². The molecule has 2 rings (SSSR count). The number of anilines is 1. The molecule has 22 heavy (non-hydrogen) atoms. The van der Waals surface area contributed by atoms with Crippen LogP contribution in [0.4, 0.5) is 5.69 Å². The molecule has 1 unspecified atom stereocenters. The van der Waals surface area contributed by atoms with Crippen molar-refractivity contribution in [2.45, 2.75) is 32.3 Å². The van der Waals surface area contributed by atoms with Crippen LogP contribution in [0, 0.1) is 28.6 Å². The van der Waals surface area contributed by atoms with Gasteiger partial charge in [0.15, 0.2) is 5.92 Å². The molecule has 1 heterocycles. The van der Waals surface area contributed by atoms with Gasteiger partial charge in [-0.1, -0.05) is 6.07 Å². The van der Waals surface area contributed by atoms with E-state index in [1.165, 1.54) is 0 Å².